The molecule has 0 aliphatic rings. The second-order valence-electron chi connectivity index (χ2n) is 6.99. The van der Waals surface area contributed by atoms with Gasteiger partial charge < -0.3 is 24.5 Å². The number of carbonyl (C=O) groups excluding carboxylic acids is 1. The van der Waals surface area contributed by atoms with Crippen LogP contribution in [-0.2, 0) is 0 Å². The Bertz CT molecular complexity index is 1220. The molecule has 0 radical (unpaired) electrons. The molecule has 7 nitrogen and oxygen atoms in total. The molecule has 1 amide bonds. The van der Waals surface area contributed by atoms with Crippen molar-refractivity contribution in [3.63, 3.8) is 0 Å². The fourth-order valence-corrected chi connectivity index (χ4v) is 3.40. The minimum absolute atomic E-state index is 0.239. The van der Waals surface area contributed by atoms with Crippen LogP contribution in [0.4, 0.5) is 5.69 Å². The number of aromatic amines is 1. The quantitative estimate of drug-likeness (QED) is 0.470. The number of fused-ring (bicyclic) bond motifs is 1. The van der Waals surface area contributed by atoms with E-state index in [1.165, 1.54) is 0 Å². The number of nitrogens with zero attached hydrogens (tertiary/aromatic N) is 1. The summed E-state index contributed by atoms with van der Waals surface area (Å²) in [5.41, 5.74) is 4.53. The molecular weight excluding hydrogens is 394 g/mol. The smallest absolute Gasteiger partial charge is 0.259 e. The van der Waals surface area contributed by atoms with Crippen molar-refractivity contribution in [3.05, 3.63) is 65.7 Å². The lowest BCUT2D eigenvalue weighted by Crippen LogP contribution is -2.14. The van der Waals surface area contributed by atoms with Gasteiger partial charge in [-0.15, -0.1) is 0 Å². The summed E-state index contributed by atoms with van der Waals surface area (Å²) in [4.78, 5) is 20.8. The number of nitrogens with one attached hydrogen (secondary N) is 2. The van der Waals surface area contributed by atoms with Crippen LogP contribution >= 0.6 is 0 Å². The van der Waals surface area contributed by atoms with Crippen LogP contribution in [0.1, 0.15) is 15.9 Å². The molecule has 2 N–H and O–H groups in total. The fourth-order valence-electron chi connectivity index (χ4n) is 3.40. The lowest BCUT2D eigenvalue weighted by molar-refractivity contribution is 0.102. The maximum atomic E-state index is 12.8. The number of aromatic nitrogens is 2. The monoisotopic (exact) mass is 417 g/mol. The molecule has 0 aliphatic carbocycles. The lowest BCUT2D eigenvalue weighted by Gasteiger charge is -2.12. The number of para-hydroxylation sites is 1. The molecule has 1 aromatic heterocycles. The number of methoxy groups -OCH3 is 3. The zero-order valence-corrected chi connectivity index (χ0v) is 17.8. The number of hydrogen-bond donors (Lipinski definition) is 2. The number of benzene rings is 3. The van der Waals surface area contributed by atoms with E-state index in [1.54, 1.807) is 39.5 Å². The summed E-state index contributed by atoms with van der Waals surface area (Å²) in [6.07, 6.45) is 0. The Kier molecular flexibility index (Phi) is 5.49. The molecule has 4 aromatic rings. The number of amides is 1. The first-order valence-corrected chi connectivity index (χ1v) is 9.71. The summed E-state index contributed by atoms with van der Waals surface area (Å²) in [7, 11) is 4.73. The summed E-state index contributed by atoms with van der Waals surface area (Å²) in [6, 6.07) is 16.6. The molecule has 31 heavy (non-hydrogen) atoms. The van der Waals surface area contributed by atoms with Gasteiger partial charge in [0.25, 0.3) is 5.91 Å². The van der Waals surface area contributed by atoms with Gasteiger partial charge in [0.15, 0.2) is 11.5 Å². The second kappa shape index (κ2) is 8.39. The van der Waals surface area contributed by atoms with Crippen LogP contribution in [0.15, 0.2) is 54.6 Å². The molecule has 1 heterocycles. The standard InChI is InChI=1S/C24H23N3O4/c1-14-9-10-15(11-17(14)27-24(28)16-7-5-6-8-20(16)29-2)23-25-18-12-21(30-3)22(31-4)13-19(18)26-23/h5-13H,1-4H3,(H,25,26)(H,27,28). The third kappa shape index (κ3) is 3.90. The summed E-state index contributed by atoms with van der Waals surface area (Å²) in [6.45, 7) is 1.94. The van der Waals surface area contributed by atoms with Gasteiger partial charge >= 0.3 is 0 Å². The largest absolute Gasteiger partial charge is 0.496 e. The molecule has 0 atom stereocenters. The molecule has 0 aliphatic heterocycles. The number of imidazole rings is 1. The Morgan fingerprint density at radius 3 is 2.35 bits per heavy atom. The van der Waals surface area contributed by atoms with Crippen molar-refractivity contribution >= 4 is 22.6 Å². The van der Waals surface area contributed by atoms with Crippen LogP contribution in [0.2, 0.25) is 0 Å². The first kappa shape index (κ1) is 20.3. The van der Waals surface area contributed by atoms with Gasteiger partial charge in [-0.2, -0.15) is 0 Å². The number of hydrogen-bond acceptors (Lipinski definition) is 5. The maximum absolute atomic E-state index is 12.8. The number of carbonyl (C=O) groups is 1. The second-order valence-corrected chi connectivity index (χ2v) is 6.99. The maximum Gasteiger partial charge on any atom is 0.259 e. The average molecular weight is 417 g/mol. The zero-order valence-electron chi connectivity index (χ0n) is 17.8. The Balaban J connectivity index is 1.68. The van der Waals surface area contributed by atoms with Crippen LogP contribution in [0, 0.1) is 6.92 Å². The number of rotatable bonds is 6. The predicted molar refractivity (Wildman–Crippen MR) is 120 cm³/mol. The van der Waals surface area contributed by atoms with Gasteiger partial charge in [0.2, 0.25) is 0 Å². The third-order valence-electron chi connectivity index (χ3n) is 5.10. The number of anilines is 1. The molecule has 4 rings (SSSR count). The molecule has 7 heteroatoms. The summed E-state index contributed by atoms with van der Waals surface area (Å²) in [5, 5.41) is 2.98. The van der Waals surface area contributed by atoms with E-state index in [9.17, 15) is 4.79 Å². The highest BCUT2D eigenvalue weighted by Gasteiger charge is 2.15. The van der Waals surface area contributed by atoms with Crippen LogP contribution in [0.3, 0.4) is 0 Å². The lowest BCUT2D eigenvalue weighted by atomic mass is 10.1. The highest BCUT2D eigenvalue weighted by molar-refractivity contribution is 6.06. The van der Waals surface area contributed by atoms with E-state index in [4.69, 9.17) is 14.2 Å². The molecule has 3 aromatic carbocycles. The first-order chi connectivity index (χ1) is 15.0. The summed E-state index contributed by atoms with van der Waals surface area (Å²) < 4.78 is 16.0. The van der Waals surface area contributed by atoms with Crippen molar-refractivity contribution in [2.45, 2.75) is 6.92 Å². The van der Waals surface area contributed by atoms with Gasteiger partial charge in [0.1, 0.15) is 11.6 Å². The van der Waals surface area contributed by atoms with E-state index >= 15 is 0 Å². The zero-order chi connectivity index (χ0) is 22.0. The molecular formula is C24H23N3O4. The number of aryl methyl sites for hydroxylation is 1. The van der Waals surface area contributed by atoms with E-state index < -0.39 is 0 Å². The van der Waals surface area contributed by atoms with Crippen molar-refractivity contribution in [2.24, 2.45) is 0 Å². The van der Waals surface area contributed by atoms with Gasteiger partial charge in [-0.1, -0.05) is 24.3 Å². The van der Waals surface area contributed by atoms with Crippen LogP contribution in [0.5, 0.6) is 17.2 Å². The summed E-state index contributed by atoms with van der Waals surface area (Å²) in [5.74, 6) is 2.20. The highest BCUT2D eigenvalue weighted by atomic mass is 16.5. The summed E-state index contributed by atoms with van der Waals surface area (Å²) >= 11 is 0. The molecule has 0 saturated heterocycles. The Morgan fingerprint density at radius 2 is 1.61 bits per heavy atom. The number of ether oxygens (including phenoxy) is 3. The van der Waals surface area contributed by atoms with Gasteiger partial charge in [-0.05, 0) is 30.7 Å². The van der Waals surface area contributed by atoms with Crippen molar-refractivity contribution in [3.8, 4) is 28.6 Å². The first-order valence-electron chi connectivity index (χ1n) is 9.71. The van der Waals surface area contributed by atoms with E-state index in [0.717, 1.165) is 22.2 Å². The SMILES string of the molecule is COc1cc2nc(-c3ccc(C)c(NC(=O)c4ccccc4OC)c3)[nH]c2cc1OC. The van der Waals surface area contributed by atoms with Crippen LogP contribution in [0.25, 0.3) is 22.4 Å². The molecule has 158 valence electrons. The van der Waals surface area contributed by atoms with Crippen molar-refractivity contribution in [1.29, 1.82) is 0 Å². The van der Waals surface area contributed by atoms with Crippen LogP contribution < -0.4 is 19.5 Å². The molecule has 0 bridgehead atoms. The van der Waals surface area contributed by atoms with Gasteiger partial charge in [0, 0.05) is 23.4 Å². The Labute approximate surface area is 180 Å². The molecule has 0 spiro atoms. The van der Waals surface area contributed by atoms with Gasteiger partial charge in [-0.25, -0.2) is 4.98 Å². The minimum Gasteiger partial charge on any atom is -0.496 e. The van der Waals surface area contributed by atoms with Gasteiger partial charge in [0.05, 0.1) is 37.9 Å². The molecule has 0 saturated carbocycles. The van der Waals surface area contributed by atoms with Crippen molar-refractivity contribution in [2.75, 3.05) is 26.6 Å². The van der Waals surface area contributed by atoms with E-state index in [-0.39, 0.29) is 5.91 Å². The fraction of sp³-hybridized carbons (Fsp3) is 0.167. The van der Waals surface area contributed by atoms with Crippen molar-refractivity contribution in [1.82, 2.24) is 9.97 Å². The van der Waals surface area contributed by atoms with E-state index in [2.05, 4.69) is 15.3 Å². The van der Waals surface area contributed by atoms with Crippen LogP contribution in [-0.4, -0.2) is 37.2 Å². The Hall–Kier alpha value is -4.00. The molecule has 0 fully saturated rings. The van der Waals surface area contributed by atoms with Gasteiger partial charge in [-0.3, -0.25) is 4.79 Å². The van der Waals surface area contributed by atoms with E-state index in [0.29, 0.717) is 34.3 Å². The molecule has 0 unspecified atom stereocenters. The van der Waals surface area contributed by atoms with Crippen molar-refractivity contribution < 1.29 is 19.0 Å². The minimum atomic E-state index is -0.239. The number of H-pyrrole nitrogens is 1. The third-order valence-corrected chi connectivity index (χ3v) is 5.10. The topological polar surface area (TPSA) is 85.5 Å². The normalized spacial score (nSPS) is 10.7. The Morgan fingerprint density at radius 1 is 0.903 bits per heavy atom. The predicted octanol–water partition coefficient (Wildman–Crippen LogP) is 4.82. The van der Waals surface area contributed by atoms with E-state index in [1.807, 2.05) is 43.3 Å². The average Bonchev–Trinajstić information content (AvgIpc) is 3.22. The highest BCUT2D eigenvalue weighted by Crippen LogP contribution is 2.33.